The lowest BCUT2D eigenvalue weighted by molar-refractivity contribution is 0.130. The van der Waals surface area contributed by atoms with E-state index in [9.17, 15) is 5.11 Å². The van der Waals surface area contributed by atoms with Crippen molar-refractivity contribution in [3.63, 3.8) is 0 Å². The van der Waals surface area contributed by atoms with Crippen LogP contribution in [0.5, 0.6) is 0 Å². The molecule has 2 atom stereocenters. The highest BCUT2D eigenvalue weighted by molar-refractivity contribution is 7.99. The number of hydrogen-bond acceptors (Lipinski definition) is 3. The van der Waals surface area contributed by atoms with E-state index in [-0.39, 0.29) is 12.1 Å². The summed E-state index contributed by atoms with van der Waals surface area (Å²) in [6, 6.07) is -0.00380. The quantitative estimate of drug-likeness (QED) is 0.653. The summed E-state index contributed by atoms with van der Waals surface area (Å²) in [7, 11) is 0. The summed E-state index contributed by atoms with van der Waals surface area (Å²) >= 11 is 1.99. The summed E-state index contributed by atoms with van der Waals surface area (Å²) in [5, 5.41) is 9.24. The van der Waals surface area contributed by atoms with Gasteiger partial charge < -0.3 is 10.8 Å². The van der Waals surface area contributed by atoms with E-state index < -0.39 is 0 Å². The van der Waals surface area contributed by atoms with Crippen LogP contribution in [0.4, 0.5) is 0 Å². The minimum absolute atomic E-state index is 0.00380. The minimum atomic E-state index is -0.344. The van der Waals surface area contributed by atoms with Crippen LogP contribution in [0.3, 0.4) is 0 Å². The molecular weight excluding hydrogens is 158 g/mol. The molecule has 1 rings (SSSR count). The first-order chi connectivity index (χ1) is 5.22. The molecule has 3 N–H and O–H groups in total. The molecule has 0 aromatic heterocycles. The normalized spacial score (nSPS) is 26.5. The van der Waals surface area contributed by atoms with E-state index in [1.54, 1.807) is 6.92 Å². The predicted molar refractivity (Wildman–Crippen MR) is 49.7 cm³/mol. The first kappa shape index (κ1) is 9.36. The molecule has 0 aliphatic carbocycles. The van der Waals surface area contributed by atoms with Crippen molar-refractivity contribution >= 4 is 11.8 Å². The maximum atomic E-state index is 9.24. The summed E-state index contributed by atoms with van der Waals surface area (Å²) in [6.45, 7) is 1.78. The largest absolute Gasteiger partial charge is 0.392 e. The van der Waals surface area contributed by atoms with Crippen LogP contribution in [0.2, 0.25) is 0 Å². The van der Waals surface area contributed by atoms with Crippen molar-refractivity contribution in [1.29, 1.82) is 0 Å². The Bertz CT molecular complexity index is 113. The number of aliphatic hydroxyl groups is 1. The van der Waals surface area contributed by atoms with E-state index in [0.29, 0.717) is 5.92 Å². The lowest BCUT2D eigenvalue weighted by Crippen LogP contribution is -2.41. The fourth-order valence-corrected chi connectivity index (χ4v) is 2.64. The molecule has 66 valence electrons. The molecule has 0 aromatic rings. The Morgan fingerprint density at radius 2 is 2.00 bits per heavy atom. The maximum absolute atomic E-state index is 9.24. The Morgan fingerprint density at radius 3 is 2.45 bits per heavy atom. The van der Waals surface area contributed by atoms with E-state index in [4.69, 9.17) is 5.73 Å². The van der Waals surface area contributed by atoms with Gasteiger partial charge in [-0.2, -0.15) is 11.8 Å². The van der Waals surface area contributed by atoms with E-state index >= 15 is 0 Å². The second-order valence-corrected chi connectivity index (χ2v) is 4.49. The van der Waals surface area contributed by atoms with E-state index in [1.165, 1.54) is 24.3 Å². The molecule has 1 aliphatic heterocycles. The smallest absolute Gasteiger partial charge is 0.0665 e. The molecule has 0 saturated carbocycles. The van der Waals surface area contributed by atoms with Gasteiger partial charge in [0.15, 0.2) is 0 Å². The second kappa shape index (κ2) is 4.33. The molecule has 0 amide bonds. The third kappa shape index (κ3) is 2.65. The average Bonchev–Trinajstić information content (AvgIpc) is 2.05. The van der Waals surface area contributed by atoms with Crippen LogP contribution in [-0.4, -0.2) is 28.8 Å². The molecule has 11 heavy (non-hydrogen) atoms. The van der Waals surface area contributed by atoms with Gasteiger partial charge in [-0.15, -0.1) is 0 Å². The molecule has 1 saturated heterocycles. The SMILES string of the molecule is CC(O)C(N)C1CCSCC1. The van der Waals surface area contributed by atoms with Crippen molar-refractivity contribution in [2.24, 2.45) is 11.7 Å². The van der Waals surface area contributed by atoms with Gasteiger partial charge >= 0.3 is 0 Å². The summed E-state index contributed by atoms with van der Waals surface area (Å²) in [5.74, 6) is 2.98. The summed E-state index contributed by atoms with van der Waals surface area (Å²) < 4.78 is 0. The zero-order valence-electron chi connectivity index (χ0n) is 6.99. The standard InChI is InChI=1S/C8H17NOS/c1-6(10)8(9)7-2-4-11-5-3-7/h6-8,10H,2-5,9H2,1H3. The molecule has 0 radical (unpaired) electrons. The molecule has 1 aliphatic rings. The molecule has 2 nitrogen and oxygen atoms in total. The van der Waals surface area contributed by atoms with Crippen molar-refractivity contribution in [1.82, 2.24) is 0 Å². The first-order valence-corrected chi connectivity index (χ1v) is 5.38. The van der Waals surface area contributed by atoms with Crippen molar-refractivity contribution in [3.8, 4) is 0 Å². The molecule has 3 heteroatoms. The van der Waals surface area contributed by atoms with Gasteiger partial charge in [0.2, 0.25) is 0 Å². The second-order valence-electron chi connectivity index (χ2n) is 3.27. The Labute approximate surface area is 72.5 Å². The molecule has 2 unspecified atom stereocenters. The van der Waals surface area contributed by atoms with Gasteiger partial charge in [-0.3, -0.25) is 0 Å². The molecule has 1 heterocycles. The van der Waals surface area contributed by atoms with Crippen LogP contribution in [0, 0.1) is 5.92 Å². The highest BCUT2D eigenvalue weighted by atomic mass is 32.2. The van der Waals surface area contributed by atoms with Crippen molar-refractivity contribution < 1.29 is 5.11 Å². The summed E-state index contributed by atoms with van der Waals surface area (Å²) in [4.78, 5) is 0. The third-order valence-corrected chi connectivity index (χ3v) is 3.42. The van der Waals surface area contributed by atoms with Gasteiger partial charge in [0.05, 0.1) is 6.10 Å². The number of nitrogens with two attached hydrogens (primary N) is 1. The van der Waals surface area contributed by atoms with Crippen LogP contribution >= 0.6 is 11.8 Å². The van der Waals surface area contributed by atoms with Crippen molar-refractivity contribution in [2.45, 2.75) is 31.9 Å². The minimum Gasteiger partial charge on any atom is -0.392 e. The molecule has 1 fully saturated rings. The Kier molecular flexibility index (Phi) is 3.69. The molecule has 0 bridgehead atoms. The van der Waals surface area contributed by atoms with Crippen molar-refractivity contribution in [2.75, 3.05) is 11.5 Å². The average molecular weight is 175 g/mol. The van der Waals surface area contributed by atoms with Gasteiger partial charge in [0.25, 0.3) is 0 Å². The molecule has 0 aromatic carbocycles. The van der Waals surface area contributed by atoms with Crippen molar-refractivity contribution in [3.05, 3.63) is 0 Å². The van der Waals surface area contributed by atoms with E-state index in [1.807, 2.05) is 11.8 Å². The van der Waals surface area contributed by atoms with Gasteiger partial charge in [-0.25, -0.2) is 0 Å². The maximum Gasteiger partial charge on any atom is 0.0665 e. The van der Waals surface area contributed by atoms with E-state index in [2.05, 4.69) is 0 Å². The molecule has 0 spiro atoms. The highest BCUT2D eigenvalue weighted by Gasteiger charge is 2.23. The monoisotopic (exact) mass is 175 g/mol. The third-order valence-electron chi connectivity index (χ3n) is 2.37. The van der Waals surface area contributed by atoms with E-state index in [0.717, 1.165) is 0 Å². The first-order valence-electron chi connectivity index (χ1n) is 4.23. The van der Waals surface area contributed by atoms with Crippen LogP contribution in [0.25, 0.3) is 0 Å². The Morgan fingerprint density at radius 1 is 1.45 bits per heavy atom. The van der Waals surface area contributed by atoms with Crippen LogP contribution in [0.1, 0.15) is 19.8 Å². The fourth-order valence-electron chi connectivity index (χ4n) is 1.49. The zero-order chi connectivity index (χ0) is 8.27. The summed E-state index contributed by atoms with van der Waals surface area (Å²) in [6.07, 6.45) is 2.01. The zero-order valence-corrected chi connectivity index (χ0v) is 7.81. The van der Waals surface area contributed by atoms with Gasteiger partial charge in [0, 0.05) is 6.04 Å². The van der Waals surface area contributed by atoms with Gasteiger partial charge in [-0.05, 0) is 37.2 Å². The van der Waals surface area contributed by atoms with Gasteiger partial charge in [0.1, 0.15) is 0 Å². The van der Waals surface area contributed by atoms with Crippen LogP contribution < -0.4 is 5.73 Å². The highest BCUT2D eigenvalue weighted by Crippen LogP contribution is 2.25. The fraction of sp³-hybridized carbons (Fsp3) is 1.00. The number of thioether (sulfide) groups is 1. The topological polar surface area (TPSA) is 46.2 Å². The Balaban J connectivity index is 2.32. The number of aliphatic hydroxyl groups excluding tert-OH is 1. The summed E-state index contributed by atoms with van der Waals surface area (Å²) in [5.41, 5.74) is 5.83. The predicted octanol–water partition coefficient (Wildman–Crippen LogP) is 0.838. The van der Waals surface area contributed by atoms with Gasteiger partial charge in [-0.1, -0.05) is 0 Å². The van der Waals surface area contributed by atoms with Crippen LogP contribution in [0.15, 0.2) is 0 Å². The lowest BCUT2D eigenvalue weighted by atomic mass is 9.91. The van der Waals surface area contributed by atoms with Crippen LogP contribution in [-0.2, 0) is 0 Å². The lowest BCUT2D eigenvalue weighted by Gasteiger charge is -2.28. The molecular formula is C8H17NOS. The number of hydrogen-bond donors (Lipinski definition) is 2. The Hall–Kier alpha value is 0.270. The number of rotatable bonds is 2.